The van der Waals surface area contributed by atoms with Gasteiger partial charge < -0.3 is 16.4 Å². The van der Waals surface area contributed by atoms with E-state index in [2.05, 4.69) is 11.8 Å². The second kappa shape index (κ2) is 4.58. The first-order valence-electron chi connectivity index (χ1n) is 4.86. The van der Waals surface area contributed by atoms with E-state index < -0.39 is 0 Å². The number of hydrogen-bond donors (Lipinski definition) is 2. The van der Waals surface area contributed by atoms with Crippen LogP contribution < -0.4 is 11.5 Å². The molecule has 0 aliphatic carbocycles. The van der Waals surface area contributed by atoms with E-state index in [4.69, 9.17) is 11.5 Å². The van der Waals surface area contributed by atoms with Gasteiger partial charge in [-0.25, -0.2) is 0 Å². The highest BCUT2D eigenvalue weighted by molar-refractivity contribution is 5.73. The number of nitrogens with two attached hydrogens (primary N) is 2. The van der Waals surface area contributed by atoms with Crippen LogP contribution in [-0.4, -0.2) is 36.5 Å². The van der Waals surface area contributed by atoms with E-state index >= 15 is 0 Å². The van der Waals surface area contributed by atoms with Crippen LogP contribution in [0, 0.1) is 5.92 Å². The minimum absolute atomic E-state index is 0.229. The van der Waals surface area contributed by atoms with Gasteiger partial charge in [0.15, 0.2) is 0 Å². The highest BCUT2D eigenvalue weighted by atomic mass is 16.1. The molecule has 0 spiro atoms. The second-order valence-electron chi connectivity index (χ2n) is 3.95. The van der Waals surface area contributed by atoms with Crippen molar-refractivity contribution in [3.05, 3.63) is 0 Å². The molecule has 1 aliphatic heterocycles. The van der Waals surface area contributed by atoms with E-state index in [-0.39, 0.29) is 11.9 Å². The number of piperidine rings is 1. The van der Waals surface area contributed by atoms with Crippen molar-refractivity contribution in [2.75, 3.05) is 19.6 Å². The Labute approximate surface area is 79.3 Å². The second-order valence-corrected chi connectivity index (χ2v) is 3.95. The van der Waals surface area contributed by atoms with Crippen LogP contribution >= 0.6 is 0 Å². The highest BCUT2D eigenvalue weighted by Gasteiger charge is 2.22. The van der Waals surface area contributed by atoms with Crippen molar-refractivity contribution < 1.29 is 4.79 Å². The summed E-state index contributed by atoms with van der Waals surface area (Å²) in [4.78, 5) is 12.8. The maximum Gasteiger partial charge on any atom is 0.218 e. The Morgan fingerprint density at radius 1 is 1.62 bits per heavy atom. The first kappa shape index (κ1) is 10.5. The number of hydrogen-bond acceptors (Lipinski definition) is 3. The zero-order valence-corrected chi connectivity index (χ0v) is 8.20. The maximum atomic E-state index is 10.6. The van der Waals surface area contributed by atoms with Crippen LogP contribution in [0.1, 0.15) is 19.8 Å². The molecule has 0 aromatic heterocycles. The van der Waals surface area contributed by atoms with Crippen molar-refractivity contribution in [3.8, 4) is 0 Å². The molecule has 0 saturated carbocycles. The lowest BCUT2D eigenvalue weighted by molar-refractivity contribution is -0.118. The van der Waals surface area contributed by atoms with Gasteiger partial charge in [0.05, 0.1) is 0 Å². The van der Waals surface area contributed by atoms with Gasteiger partial charge in [-0.15, -0.1) is 0 Å². The average molecular weight is 185 g/mol. The van der Waals surface area contributed by atoms with Crippen LogP contribution in [-0.2, 0) is 4.79 Å². The molecule has 2 atom stereocenters. The fourth-order valence-electron chi connectivity index (χ4n) is 1.64. The molecular weight excluding hydrogens is 166 g/mol. The Kier molecular flexibility index (Phi) is 3.69. The van der Waals surface area contributed by atoms with Crippen molar-refractivity contribution in [1.82, 2.24) is 4.90 Å². The number of primary amides is 1. The summed E-state index contributed by atoms with van der Waals surface area (Å²) in [5.41, 5.74) is 11.0. The van der Waals surface area contributed by atoms with Gasteiger partial charge in [0.1, 0.15) is 0 Å². The van der Waals surface area contributed by atoms with Gasteiger partial charge in [-0.3, -0.25) is 4.79 Å². The molecule has 1 amide bonds. The van der Waals surface area contributed by atoms with E-state index in [1.165, 1.54) is 0 Å². The molecule has 4 heteroatoms. The number of nitrogens with zero attached hydrogens (tertiary/aromatic N) is 1. The fourth-order valence-corrected chi connectivity index (χ4v) is 1.64. The van der Waals surface area contributed by atoms with E-state index in [9.17, 15) is 4.79 Å². The third kappa shape index (κ3) is 3.32. The molecule has 4 nitrogen and oxygen atoms in total. The SMILES string of the molecule is CC1CCN(CCC(N)=O)CC1N. The topological polar surface area (TPSA) is 72.3 Å². The van der Waals surface area contributed by atoms with Crippen LogP contribution in [0.15, 0.2) is 0 Å². The lowest BCUT2D eigenvalue weighted by Crippen LogP contribution is -2.48. The molecule has 0 bridgehead atoms. The van der Waals surface area contributed by atoms with E-state index in [1.54, 1.807) is 0 Å². The van der Waals surface area contributed by atoms with Crippen LogP contribution in [0.5, 0.6) is 0 Å². The van der Waals surface area contributed by atoms with E-state index in [0.717, 1.165) is 26.1 Å². The molecular formula is C9H19N3O. The van der Waals surface area contributed by atoms with Gasteiger partial charge in [-0.05, 0) is 18.9 Å². The predicted molar refractivity (Wildman–Crippen MR) is 52.0 cm³/mol. The third-order valence-electron chi connectivity index (χ3n) is 2.78. The highest BCUT2D eigenvalue weighted by Crippen LogP contribution is 2.15. The van der Waals surface area contributed by atoms with E-state index in [1.807, 2.05) is 0 Å². The number of rotatable bonds is 3. The zero-order chi connectivity index (χ0) is 9.84. The molecule has 0 aromatic rings. The Morgan fingerprint density at radius 3 is 2.85 bits per heavy atom. The van der Waals surface area contributed by atoms with Crippen molar-refractivity contribution in [1.29, 1.82) is 0 Å². The Bertz CT molecular complexity index is 184. The van der Waals surface area contributed by atoms with Gasteiger partial charge in [0, 0.05) is 25.6 Å². The van der Waals surface area contributed by atoms with Gasteiger partial charge >= 0.3 is 0 Å². The number of carbonyl (C=O) groups is 1. The molecule has 0 aromatic carbocycles. The summed E-state index contributed by atoms with van der Waals surface area (Å²) in [6.07, 6.45) is 1.57. The van der Waals surface area contributed by atoms with Crippen LogP contribution in [0.25, 0.3) is 0 Å². The minimum Gasteiger partial charge on any atom is -0.370 e. The molecule has 1 saturated heterocycles. The lowest BCUT2D eigenvalue weighted by atomic mass is 9.94. The summed E-state index contributed by atoms with van der Waals surface area (Å²) in [6, 6.07) is 0.252. The molecule has 76 valence electrons. The molecule has 1 aliphatic rings. The monoisotopic (exact) mass is 185 g/mol. The molecule has 0 radical (unpaired) electrons. The standard InChI is InChI=1S/C9H19N3O/c1-7-2-4-12(6-8(7)10)5-3-9(11)13/h7-8H,2-6,10H2,1H3,(H2,11,13). The smallest absolute Gasteiger partial charge is 0.218 e. The molecule has 2 unspecified atom stereocenters. The van der Waals surface area contributed by atoms with Crippen molar-refractivity contribution in [2.45, 2.75) is 25.8 Å². The van der Waals surface area contributed by atoms with Crippen molar-refractivity contribution in [3.63, 3.8) is 0 Å². The molecule has 4 N–H and O–H groups in total. The van der Waals surface area contributed by atoms with Crippen LogP contribution in [0.3, 0.4) is 0 Å². The Hall–Kier alpha value is -0.610. The Balaban J connectivity index is 2.25. The van der Waals surface area contributed by atoms with Crippen molar-refractivity contribution in [2.24, 2.45) is 17.4 Å². The molecule has 1 fully saturated rings. The average Bonchev–Trinajstić information content (AvgIpc) is 2.07. The summed E-state index contributed by atoms with van der Waals surface area (Å²) in [6.45, 7) is 4.88. The van der Waals surface area contributed by atoms with Gasteiger partial charge in [-0.1, -0.05) is 6.92 Å². The summed E-state index contributed by atoms with van der Waals surface area (Å²) in [5, 5.41) is 0. The minimum atomic E-state index is -0.229. The van der Waals surface area contributed by atoms with Crippen LogP contribution in [0.2, 0.25) is 0 Å². The zero-order valence-electron chi connectivity index (χ0n) is 8.20. The number of likely N-dealkylation sites (tertiary alicyclic amines) is 1. The first-order valence-corrected chi connectivity index (χ1v) is 4.86. The molecule has 1 heterocycles. The van der Waals surface area contributed by atoms with Gasteiger partial charge in [-0.2, -0.15) is 0 Å². The van der Waals surface area contributed by atoms with Gasteiger partial charge in [0.2, 0.25) is 5.91 Å². The number of amides is 1. The maximum absolute atomic E-state index is 10.6. The molecule has 1 rings (SSSR count). The summed E-state index contributed by atoms with van der Waals surface area (Å²) >= 11 is 0. The van der Waals surface area contributed by atoms with E-state index in [0.29, 0.717) is 12.3 Å². The van der Waals surface area contributed by atoms with Crippen LogP contribution in [0.4, 0.5) is 0 Å². The quantitative estimate of drug-likeness (QED) is 0.624. The summed E-state index contributed by atoms with van der Waals surface area (Å²) in [7, 11) is 0. The fraction of sp³-hybridized carbons (Fsp3) is 0.889. The predicted octanol–water partition coefficient (Wildman–Crippen LogP) is -0.469. The van der Waals surface area contributed by atoms with Crippen molar-refractivity contribution >= 4 is 5.91 Å². The third-order valence-corrected chi connectivity index (χ3v) is 2.78. The molecule has 13 heavy (non-hydrogen) atoms. The summed E-state index contributed by atoms with van der Waals surface area (Å²) < 4.78 is 0. The lowest BCUT2D eigenvalue weighted by Gasteiger charge is -2.34. The first-order chi connectivity index (χ1) is 6.09. The summed E-state index contributed by atoms with van der Waals surface area (Å²) in [5.74, 6) is 0.372. The number of carbonyl (C=O) groups excluding carboxylic acids is 1. The largest absolute Gasteiger partial charge is 0.370 e. The van der Waals surface area contributed by atoms with Gasteiger partial charge in [0.25, 0.3) is 0 Å². The normalized spacial score (nSPS) is 30.3. The Morgan fingerprint density at radius 2 is 2.31 bits per heavy atom.